The van der Waals surface area contributed by atoms with Gasteiger partial charge in [0.15, 0.2) is 0 Å². The number of hydrogen-bond donors (Lipinski definition) is 2. The molecule has 102 valence electrons. The third kappa shape index (κ3) is 2.51. The van der Waals surface area contributed by atoms with Crippen molar-refractivity contribution in [1.82, 2.24) is 10.2 Å². The molecule has 1 aliphatic carbocycles. The van der Waals surface area contributed by atoms with E-state index in [1.165, 1.54) is 0 Å². The molecule has 3 N–H and O–H groups in total. The van der Waals surface area contributed by atoms with E-state index < -0.39 is 0 Å². The number of piperazine rings is 1. The largest absolute Gasteiger partial charge is 0.353 e. The van der Waals surface area contributed by atoms with Gasteiger partial charge in [-0.05, 0) is 32.1 Å². The molecule has 0 radical (unpaired) electrons. The van der Waals surface area contributed by atoms with Crippen molar-refractivity contribution in [2.45, 2.75) is 45.2 Å². The lowest BCUT2D eigenvalue weighted by atomic mass is 9.77. The van der Waals surface area contributed by atoms with E-state index in [-0.39, 0.29) is 29.8 Å². The Bertz CT molecular complexity index is 345. The Morgan fingerprint density at radius 1 is 1.39 bits per heavy atom. The minimum absolute atomic E-state index is 0.0119. The molecular formula is C13H23N3O2. The second-order valence-electron chi connectivity index (χ2n) is 5.66. The van der Waals surface area contributed by atoms with Crippen LogP contribution in [0.2, 0.25) is 0 Å². The third-order valence-corrected chi connectivity index (χ3v) is 4.34. The van der Waals surface area contributed by atoms with Crippen LogP contribution in [-0.2, 0) is 9.59 Å². The van der Waals surface area contributed by atoms with E-state index in [4.69, 9.17) is 5.73 Å². The van der Waals surface area contributed by atoms with Crippen molar-refractivity contribution in [3.63, 3.8) is 0 Å². The first kappa shape index (κ1) is 13.3. The maximum Gasteiger partial charge on any atom is 0.242 e. The monoisotopic (exact) mass is 253 g/mol. The van der Waals surface area contributed by atoms with Gasteiger partial charge in [0.2, 0.25) is 11.8 Å². The zero-order valence-electron chi connectivity index (χ0n) is 11.2. The summed E-state index contributed by atoms with van der Waals surface area (Å²) in [5, 5.41) is 2.78. The number of amides is 2. The summed E-state index contributed by atoms with van der Waals surface area (Å²) in [6, 6.07) is -0.222. The fourth-order valence-corrected chi connectivity index (χ4v) is 3.00. The Kier molecular flexibility index (Phi) is 3.90. The SMILES string of the molecule is CC1CCC(N)CC1C(=O)N1CCNC(=O)C1C. The molecule has 1 heterocycles. The highest BCUT2D eigenvalue weighted by atomic mass is 16.2. The molecule has 2 amide bonds. The summed E-state index contributed by atoms with van der Waals surface area (Å²) in [7, 11) is 0. The van der Waals surface area contributed by atoms with Gasteiger partial charge in [0.25, 0.3) is 0 Å². The highest BCUT2D eigenvalue weighted by Gasteiger charge is 2.38. The molecule has 4 atom stereocenters. The molecule has 4 unspecified atom stereocenters. The molecular weight excluding hydrogens is 230 g/mol. The summed E-state index contributed by atoms with van der Waals surface area (Å²) >= 11 is 0. The van der Waals surface area contributed by atoms with E-state index in [0.717, 1.165) is 19.3 Å². The van der Waals surface area contributed by atoms with Crippen molar-refractivity contribution in [3.8, 4) is 0 Å². The summed E-state index contributed by atoms with van der Waals surface area (Å²) in [5.41, 5.74) is 5.97. The fraction of sp³-hybridized carbons (Fsp3) is 0.846. The molecule has 0 bridgehead atoms. The van der Waals surface area contributed by atoms with Crippen molar-refractivity contribution in [2.75, 3.05) is 13.1 Å². The van der Waals surface area contributed by atoms with E-state index in [9.17, 15) is 9.59 Å². The van der Waals surface area contributed by atoms with Crippen molar-refractivity contribution in [1.29, 1.82) is 0 Å². The Hall–Kier alpha value is -1.10. The van der Waals surface area contributed by atoms with Crippen molar-refractivity contribution in [2.24, 2.45) is 17.6 Å². The molecule has 1 saturated carbocycles. The predicted octanol–water partition coefficient (Wildman–Crippen LogP) is 0.0968. The fourth-order valence-electron chi connectivity index (χ4n) is 3.00. The van der Waals surface area contributed by atoms with E-state index in [0.29, 0.717) is 19.0 Å². The van der Waals surface area contributed by atoms with Crippen LogP contribution >= 0.6 is 0 Å². The molecule has 0 aromatic carbocycles. The van der Waals surface area contributed by atoms with E-state index in [1.807, 2.05) is 0 Å². The maximum absolute atomic E-state index is 12.6. The topological polar surface area (TPSA) is 75.4 Å². The van der Waals surface area contributed by atoms with Crippen LogP contribution in [0.15, 0.2) is 0 Å². The number of nitrogens with two attached hydrogens (primary N) is 1. The third-order valence-electron chi connectivity index (χ3n) is 4.34. The van der Waals surface area contributed by atoms with Gasteiger partial charge >= 0.3 is 0 Å². The Labute approximate surface area is 108 Å². The van der Waals surface area contributed by atoms with Crippen LogP contribution in [0.4, 0.5) is 0 Å². The normalized spacial score (nSPS) is 37.3. The lowest BCUT2D eigenvalue weighted by molar-refractivity contribution is -0.147. The molecule has 2 aliphatic rings. The van der Waals surface area contributed by atoms with Gasteiger partial charge in [0, 0.05) is 25.0 Å². The minimum atomic E-state index is -0.350. The number of hydrogen-bond acceptors (Lipinski definition) is 3. The summed E-state index contributed by atoms with van der Waals surface area (Å²) < 4.78 is 0. The average molecular weight is 253 g/mol. The van der Waals surface area contributed by atoms with E-state index in [2.05, 4.69) is 12.2 Å². The van der Waals surface area contributed by atoms with Crippen molar-refractivity contribution >= 4 is 11.8 Å². The molecule has 18 heavy (non-hydrogen) atoms. The van der Waals surface area contributed by atoms with Gasteiger partial charge in [0.1, 0.15) is 6.04 Å². The second-order valence-corrected chi connectivity index (χ2v) is 5.66. The Balaban J connectivity index is 2.07. The lowest BCUT2D eigenvalue weighted by Gasteiger charge is -2.39. The van der Waals surface area contributed by atoms with Crippen LogP contribution in [0.3, 0.4) is 0 Å². The molecule has 5 nitrogen and oxygen atoms in total. The lowest BCUT2D eigenvalue weighted by Crippen LogP contribution is -2.58. The maximum atomic E-state index is 12.6. The summed E-state index contributed by atoms with van der Waals surface area (Å²) in [5.74, 6) is 0.416. The van der Waals surface area contributed by atoms with Crippen molar-refractivity contribution in [3.05, 3.63) is 0 Å². The first-order chi connectivity index (χ1) is 8.50. The average Bonchev–Trinajstić information content (AvgIpc) is 2.35. The molecule has 0 aromatic heterocycles. The summed E-state index contributed by atoms with van der Waals surface area (Å²) in [4.78, 5) is 25.9. The quantitative estimate of drug-likeness (QED) is 0.696. The smallest absolute Gasteiger partial charge is 0.242 e. The second kappa shape index (κ2) is 5.26. The van der Waals surface area contributed by atoms with Crippen LogP contribution in [-0.4, -0.2) is 41.9 Å². The summed E-state index contributed by atoms with van der Waals surface area (Å²) in [6.45, 7) is 5.08. The van der Waals surface area contributed by atoms with E-state index >= 15 is 0 Å². The standard InChI is InChI=1S/C13H23N3O2/c1-8-3-4-10(14)7-11(8)13(18)16-6-5-15-12(17)9(16)2/h8-11H,3-7,14H2,1-2H3,(H,15,17). The van der Waals surface area contributed by atoms with Gasteiger partial charge in [-0.15, -0.1) is 0 Å². The molecule has 1 saturated heterocycles. The molecule has 2 fully saturated rings. The van der Waals surface area contributed by atoms with Gasteiger partial charge < -0.3 is 16.0 Å². The van der Waals surface area contributed by atoms with Crippen molar-refractivity contribution < 1.29 is 9.59 Å². The number of nitrogens with one attached hydrogen (secondary N) is 1. The predicted molar refractivity (Wildman–Crippen MR) is 68.7 cm³/mol. The molecule has 5 heteroatoms. The number of carbonyl (C=O) groups excluding carboxylic acids is 2. The van der Waals surface area contributed by atoms with Gasteiger partial charge in [-0.25, -0.2) is 0 Å². The molecule has 1 aliphatic heterocycles. The number of carbonyl (C=O) groups is 2. The van der Waals surface area contributed by atoms with Crippen LogP contribution in [0.5, 0.6) is 0 Å². The first-order valence-corrected chi connectivity index (χ1v) is 6.84. The molecule has 0 aromatic rings. The Morgan fingerprint density at radius 3 is 2.83 bits per heavy atom. The van der Waals surface area contributed by atoms with Gasteiger partial charge in [-0.3, -0.25) is 9.59 Å². The zero-order chi connectivity index (χ0) is 13.3. The van der Waals surface area contributed by atoms with Crippen LogP contribution in [0, 0.1) is 11.8 Å². The number of nitrogens with zero attached hydrogens (tertiary/aromatic N) is 1. The Morgan fingerprint density at radius 2 is 2.11 bits per heavy atom. The summed E-state index contributed by atoms with van der Waals surface area (Å²) in [6.07, 6.45) is 2.76. The van der Waals surface area contributed by atoms with Gasteiger partial charge in [-0.2, -0.15) is 0 Å². The molecule has 0 spiro atoms. The van der Waals surface area contributed by atoms with Crippen LogP contribution in [0.25, 0.3) is 0 Å². The van der Waals surface area contributed by atoms with Crippen LogP contribution < -0.4 is 11.1 Å². The highest BCUT2D eigenvalue weighted by molar-refractivity contribution is 5.89. The molecule has 2 rings (SSSR count). The number of rotatable bonds is 1. The van der Waals surface area contributed by atoms with E-state index in [1.54, 1.807) is 11.8 Å². The highest BCUT2D eigenvalue weighted by Crippen LogP contribution is 2.31. The first-order valence-electron chi connectivity index (χ1n) is 6.84. The minimum Gasteiger partial charge on any atom is -0.353 e. The van der Waals surface area contributed by atoms with Gasteiger partial charge in [0.05, 0.1) is 0 Å². The van der Waals surface area contributed by atoms with Gasteiger partial charge in [-0.1, -0.05) is 6.92 Å². The van der Waals surface area contributed by atoms with Crippen LogP contribution in [0.1, 0.15) is 33.1 Å². The zero-order valence-corrected chi connectivity index (χ0v) is 11.2.